The van der Waals surface area contributed by atoms with Gasteiger partial charge in [0, 0.05) is 16.9 Å². The van der Waals surface area contributed by atoms with Crippen LogP contribution in [0.15, 0.2) is 48.5 Å². The number of rotatable bonds is 3. The smallest absolute Gasteiger partial charge is 0.316 e. The van der Waals surface area contributed by atoms with Crippen molar-refractivity contribution in [1.82, 2.24) is 0 Å². The van der Waals surface area contributed by atoms with Gasteiger partial charge in [-0.15, -0.1) is 0 Å². The number of amides is 3. The van der Waals surface area contributed by atoms with Crippen LogP contribution in [0.25, 0.3) is 0 Å². The van der Waals surface area contributed by atoms with Gasteiger partial charge < -0.3 is 16.4 Å². The van der Waals surface area contributed by atoms with Crippen molar-refractivity contribution in [1.29, 1.82) is 0 Å². The Labute approximate surface area is 116 Å². The van der Waals surface area contributed by atoms with E-state index in [1.54, 1.807) is 24.3 Å². The van der Waals surface area contributed by atoms with Crippen molar-refractivity contribution in [2.75, 3.05) is 10.6 Å². The summed E-state index contributed by atoms with van der Waals surface area (Å²) in [4.78, 5) is 22.7. The van der Waals surface area contributed by atoms with Crippen molar-refractivity contribution in [2.24, 2.45) is 5.73 Å². The lowest BCUT2D eigenvalue weighted by Gasteiger charge is -2.07. The lowest BCUT2D eigenvalue weighted by Crippen LogP contribution is -2.19. The summed E-state index contributed by atoms with van der Waals surface area (Å²) in [6, 6.07) is 13.4. The lowest BCUT2D eigenvalue weighted by molar-refractivity contribution is 0.102. The van der Waals surface area contributed by atoms with Gasteiger partial charge in [0.05, 0.1) is 0 Å². The van der Waals surface area contributed by atoms with E-state index in [-0.39, 0.29) is 5.91 Å². The van der Waals surface area contributed by atoms with Crippen molar-refractivity contribution in [3.63, 3.8) is 0 Å². The minimum Gasteiger partial charge on any atom is -0.351 e. The number of carbonyl (C=O) groups is 2. The Hall–Kier alpha value is -2.82. The minimum atomic E-state index is -0.637. The summed E-state index contributed by atoms with van der Waals surface area (Å²) in [5, 5.41) is 5.23. The zero-order chi connectivity index (χ0) is 14.5. The molecule has 0 saturated carbocycles. The van der Waals surface area contributed by atoms with Gasteiger partial charge in [0.25, 0.3) is 5.91 Å². The number of primary amides is 1. The number of carbonyl (C=O) groups excluding carboxylic acids is 2. The van der Waals surface area contributed by atoms with Crippen molar-refractivity contribution < 1.29 is 9.59 Å². The maximum absolute atomic E-state index is 12.0. The van der Waals surface area contributed by atoms with Crippen LogP contribution < -0.4 is 16.4 Å². The fraction of sp³-hybridized carbons (Fsp3) is 0.0667. The molecule has 0 spiro atoms. The molecule has 4 N–H and O–H groups in total. The molecular weight excluding hydrogens is 254 g/mol. The van der Waals surface area contributed by atoms with E-state index in [1.807, 2.05) is 31.2 Å². The van der Waals surface area contributed by atoms with Gasteiger partial charge in [-0.3, -0.25) is 4.79 Å². The molecule has 5 nitrogen and oxygen atoms in total. The van der Waals surface area contributed by atoms with Gasteiger partial charge in [-0.25, -0.2) is 4.79 Å². The van der Waals surface area contributed by atoms with Gasteiger partial charge in [0.1, 0.15) is 0 Å². The summed E-state index contributed by atoms with van der Waals surface area (Å²) in [5.41, 5.74) is 7.92. The number of anilines is 2. The molecule has 5 heteroatoms. The van der Waals surface area contributed by atoms with E-state index >= 15 is 0 Å². The molecule has 0 unspecified atom stereocenters. The van der Waals surface area contributed by atoms with Crippen LogP contribution in [0.1, 0.15) is 15.9 Å². The van der Waals surface area contributed by atoms with Crippen LogP contribution in [0.3, 0.4) is 0 Å². The molecule has 2 aromatic carbocycles. The summed E-state index contributed by atoms with van der Waals surface area (Å²) in [6.07, 6.45) is 0. The van der Waals surface area contributed by atoms with Gasteiger partial charge in [-0.2, -0.15) is 0 Å². The SMILES string of the molecule is Cc1ccc(NC(=O)c2ccc(NC(N)=O)cc2)cc1. The molecule has 0 aliphatic heterocycles. The van der Waals surface area contributed by atoms with Gasteiger partial charge >= 0.3 is 6.03 Å². The predicted molar refractivity (Wildman–Crippen MR) is 78.8 cm³/mol. The van der Waals surface area contributed by atoms with E-state index < -0.39 is 6.03 Å². The molecule has 0 radical (unpaired) electrons. The Morgan fingerprint density at radius 3 is 1.90 bits per heavy atom. The maximum Gasteiger partial charge on any atom is 0.316 e. The van der Waals surface area contributed by atoms with Crippen LogP contribution in [-0.4, -0.2) is 11.9 Å². The van der Waals surface area contributed by atoms with Crippen LogP contribution in [0.4, 0.5) is 16.2 Å². The van der Waals surface area contributed by atoms with Crippen LogP contribution in [0.5, 0.6) is 0 Å². The summed E-state index contributed by atoms with van der Waals surface area (Å²) >= 11 is 0. The van der Waals surface area contributed by atoms with E-state index in [1.165, 1.54) is 0 Å². The largest absolute Gasteiger partial charge is 0.351 e. The molecule has 0 atom stereocenters. The van der Waals surface area contributed by atoms with Crippen LogP contribution in [0.2, 0.25) is 0 Å². The highest BCUT2D eigenvalue weighted by Gasteiger charge is 2.06. The van der Waals surface area contributed by atoms with E-state index in [0.717, 1.165) is 11.3 Å². The molecule has 0 fully saturated rings. The van der Waals surface area contributed by atoms with Crippen molar-refractivity contribution in [2.45, 2.75) is 6.92 Å². The summed E-state index contributed by atoms with van der Waals surface area (Å²) < 4.78 is 0. The highest BCUT2D eigenvalue weighted by Crippen LogP contribution is 2.13. The highest BCUT2D eigenvalue weighted by atomic mass is 16.2. The molecule has 2 rings (SSSR count). The quantitative estimate of drug-likeness (QED) is 0.800. The number of nitrogens with one attached hydrogen (secondary N) is 2. The Bertz CT molecular complexity index is 619. The second kappa shape index (κ2) is 5.88. The minimum absolute atomic E-state index is 0.209. The second-order valence-electron chi connectivity index (χ2n) is 4.39. The lowest BCUT2D eigenvalue weighted by atomic mass is 10.2. The molecule has 102 valence electrons. The monoisotopic (exact) mass is 269 g/mol. The Kier molecular flexibility index (Phi) is 4.00. The molecule has 0 aliphatic carbocycles. The average Bonchev–Trinajstić information content (AvgIpc) is 2.41. The van der Waals surface area contributed by atoms with Crippen LogP contribution in [0, 0.1) is 6.92 Å². The summed E-state index contributed by atoms with van der Waals surface area (Å²) in [5.74, 6) is -0.209. The number of hydrogen-bond acceptors (Lipinski definition) is 2. The van der Waals surface area contributed by atoms with Crippen LogP contribution >= 0.6 is 0 Å². The third-order valence-electron chi connectivity index (χ3n) is 2.72. The Balaban J connectivity index is 2.05. The zero-order valence-corrected chi connectivity index (χ0v) is 11.0. The second-order valence-corrected chi connectivity index (χ2v) is 4.39. The van der Waals surface area contributed by atoms with Gasteiger partial charge in [0.15, 0.2) is 0 Å². The molecule has 0 heterocycles. The summed E-state index contributed by atoms with van der Waals surface area (Å²) in [7, 11) is 0. The van der Waals surface area contributed by atoms with Gasteiger partial charge in [0.2, 0.25) is 0 Å². The van der Waals surface area contributed by atoms with E-state index in [2.05, 4.69) is 10.6 Å². The number of aryl methyl sites for hydroxylation is 1. The molecule has 0 saturated heterocycles. The first-order valence-corrected chi connectivity index (χ1v) is 6.09. The normalized spacial score (nSPS) is 9.85. The average molecular weight is 269 g/mol. The maximum atomic E-state index is 12.0. The van der Waals surface area contributed by atoms with E-state index in [4.69, 9.17) is 5.73 Å². The highest BCUT2D eigenvalue weighted by molar-refractivity contribution is 6.04. The van der Waals surface area contributed by atoms with Crippen LogP contribution in [-0.2, 0) is 0 Å². The topological polar surface area (TPSA) is 84.2 Å². The first-order chi connectivity index (χ1) is 9.54. The first-order valence-electron chi connectivity index (χ1n) is 6.09. The number of hydrogen-bond donors (Lipinski definition) is 3. The molecule has 20 heavy (non-hydrogen) atoms. The molecule has 0 aliphatic rings. The van der Waals surface area contributed by atoms with Crippen molar-refractivity contribution >= 4 is 23.3 Å². The molecule has 0 aromatic heterocycles. The van der Waals surface area contributed by atoms with Gasteiger partial charge in [-0.05, 0) is 43.3 Å². The number of nitrogens with two attached hydrogens (primary N) is 1. The summed E-state index contributed by atoms with van der Waals surface area (Å²) in [6.45, 7) is 1.98. The predicted octanol–water partition coefficient (Wildman–Crippen LogP) is 2.74. The first kappa shape index (κ1) is 13.6. The van der Waals surface area contributed by atoms with Gasteiger partial charge in [-0.1, -0.05) is 17.7 Å². The number of benzene rings is 2. The fourth-order valence-corrected chi connectivity index (χ4v) is 1.69. The molecule has 3 amide bonds. The van der Waals surface area contributed by atoms with E-state index in [0.29, 0.717) is 11.3 Å². The standard InChI is InChI=1S/C15H15N3O2/c1-10-2-6-12(7-3-10)17-14(19)11-4-8-13(9-5-11)18-15(16)20/h2-9H,1H3,(H,17,19)(H3,16,18,20). The fourth-order valence-electron chi connectivity index (χ4n) is 1.69. The third kappa shape index (κ3) is 3.58. The number of urea groups is 1. The zero-order valence-electron chi connectivity index (χ0n) is 11.0. The molecule has 2 aromatic rings. The molecule has 0 bridgehead atoms. The van der Waals surface area contributed by atoms with Crippen molar-refractivity contribution in [3.05, 3.63) is 59.7 Å². The van der Waals surface area contributed by atoms with Crippen molar-refractivity contribution in [3.8, 4) is 0 Å². The Morgan fingerprint density at radius 2 is 1.35 bits per heavy atom. The molecular formula is C15H15N3O2. The third-order valence-corrected chi connectivity index (χ3v) is 2.72. The Morgan fingerprint density at radius 1 is 0.850 bits per heavy atom. The van der Waals surface area contributed by atoms with E-state index in [9.17, 15) is 9.59 Å².